The minimum absolute atomic E-state index is 0.0309. The van der Waals surface area contributed by atoms with Crippen LogP contribution in [0.5, 0.6) is 11.5 Å². The van der Waals surface area contributed by atoms with E-state index >= 15 is 0 Å². The second kappa shape index (κ2) is 2.73. The molecule has 5 heteroatoms. The second-order valence-corrected chi connectivity index (χ2v) is 3.01. The molecule has 0 aliphatic carbocycles. The summed E-state index contributed by atoms with van der Waals surface area (Å²) < 4.78 is 36.0. The Labute approximate surface area is 78.0 Å². The Bertz CT molecular complexity index is 344. The van der Waals surface area contributed by atoms with Gasteiger partial charge in [0.15, 0.2) is 11.6 Å². The van der Waals surface area contributed by atoms with E-state index in [4.69, 9.17) is 21.1 Å². The standard InChI is InChI=1S/C8H5ClF2O2/c1-3-4(9)6(11)8-7(5(3)10)12-2-13-8/h2H2,1H3. The van der Waals surface area contributed by atoms with Gasteiger partial charge in [0, 0.05) is 5.56 Å². The number of benzene rings is 1. The first kappa shape index (κ1) is 8.56. The lowest BCUT2D eigenvalue weighted by molar-refractivity contribution is 0.168. The highest BCUT2D eigenvalue weighted by atomic mass is 35.5. The normalized spacial score (nSPS) is 13.5. The van der Waals surface area contributed by atoms with Crippen molar-refractivity contribution in [1.82, 2.24) is 0 Å². The molecule has 13 heavy (non-hydrogen) atoms. The Balaban J connectivity index is 2.77. The molecule has 0 bridgehead atoms. The van der Waals surface area contributed by atoms with Crippen LogP contribution in [0.1, 0.15) is 5.56 Å². The van der Waals surface area contributed by atoms with Crippen LogP contribution in [0.3, 0.4) is 0 Å². The third-order valence-corrected chi connectivity index (χ3v) is 2.31. The molecule has 0 atom stereocenters. The summed E-state index contributed by atoms with van der Waals surface area (Å²) in [6, 6.07) is 0. The van der Waals surface area contributed by atoms with E-state index in [-0.39, 0.29) is 28.9 Å². The molecule has 0 aromatic heterocycles. The Morgan fingerprint density at radius 3 is 2.31 bits per heavy atom. The van der Waals surface area contributed by atoms with E-state index in [9.17, 15) is 8.78 Å². The number of hydrogen-bond donors (Lipinski definition) is 0. The van der Waals surface area contributed by atoms with Crippen molar-refractivity contribution in [1.29, 1.82) is 0 Å². The zero-order valence-corrected chi connectivity index (χ0v) is 7.41. The molecule has 0 fully saturated rings. The summed E-state index contributed by atoms with van der Waals surface area (Å²) in [4.78, 5) is 0. The van der Waals surface area contributed by atoms with Crippen molar-refractivity contribution in [3.05, 3.63) is 22.2 Å². The topological polar surface area (TPSA) is 18.5 Å². The summed E-state index contributed by atoms with van der Waals surface area (Å²) in [5.41, 5.74) is 0.0309. The minimum atomic E-state index is -0.770. The zero-order chi connectivity index (χ0) is 9.59. The highest BCUT2D eigenvalue weighted by Crippen LogP contribution is 2.42. The maximum Gasteiger partial charge on any atom is 0.231 e. The van der Waals surface area contributed by atoms with Crippen LogP contribution in [0.15, 0.2) is 0 Å². The van der Waals surface area contributed by atoms with Crippen LogP contribution in [0.2, 0.25) is 5.02 Å². The van der Waals surface area contributed by atoms with Crippen LogP contribution in [-0.4, -0.2) is 6.79 Å². The summed E-state index contributed by atoms with van der Waals surface area (Å²) in [7, 11) is 0. The maximum atomic E-state index is 13.3. The predicted molar refractivity (Wildman–Crippen MR) is 42.2 cm³/mol. The maximum absolute atomic E-state index is 13.3. The average molecular weight is 207 g/mol. The van der Waals surface area contributed by atoms with Gasteiger partial charge in [-0.1, -0.05) is 11.6 Å². The molecule has 0 saturated carbocycles. The smallest absolute Gasteiger partial charge is 0.231 e. The number of hydrogen-bond acceptors (Lipinski definition) is 2. The first-order chi connectivity index (χ1) is 6.13. The van der Waals surface area contributed by atoms with Gasteiger partial charge in [0.2, 0.25) is 18.3 Å². The SMILES string of the molecule is Cc1c(F)c2c(c(F)c1Cl)OCO2. The van der Waals surface area contributed by atoms with Crippen molar-refractivity contribution < 1.29 is 18.3 Å². The molecule has 2 nitrogen and oxygen atoms in total. The van der Waals surface area contributed by atoms with Crippen molar-refractivity contribution >= 4 is 11.6 Å². The number of fused-ring (bicyclic) bond motifs is 1. The van der Waals surface area contributed by atoms with Gasteiger partial charge in [-0.05, 0) is 6.92 Å². The summed E-state index contributed by atoms with van der Waals surface area (Å²) in [5.74, 6) is -1.88. The van der Waals surface area contributed by atoms with E-state index in [2.05, 4.69) is 0 Å². The summed E-state index contributed by atoms with van der Waals surface area (Å²) in [6.45, 7) is 1.20. The van der Waals surface area contributed by atoms with E-state index in [1.807, 2.05) is 0 Å². The molecule has 0 N–H and O–H groups in total. The van der Waals surface area contributed by atoms with Gasteiger partial charge in [0.05, 0.1) is 5.02 Å². The lowest BCUT2D eigenvalue weighted by Crippen LogP contribution is -1.94. The summed E-state index contributed by atoms with van der Waals surface area (Å²) >= 11 is 5.52. The zero-order valence-electron chi connectivity index (χ0n) is 6.66. The molecule has 70 valence electrons. The van der Waals surface area contributed by atoms with Gasteiger partial charge in [0.25, 0.3) is 0 Å². The Morgan fingerprint density at radius 2 is 1.69 bits per heavy atom. The lowest BCUT2D eigenvalue weighted by Gasteiger charge is -2.05. The van der Waals surface area contributed by atoms with Gasteiger partial charge >= 0.3 is 0 Å². The van der Waals surface area contributed by atoms with Crippen LogP contribution in [-0.2, 0) is 0 Å². The Kier molecular flexibility index (Phi) is 1.80. The first-order valence-corrected chi connectivity index (χ1v) is 3.93. The van der Waals surface area contributed by atoms with Gasteiger partial charge in [-0.15, -0.1) is 0 Å². The minimum Gasteiger partial charge on any atom is -0.450 e. The van der Waals surface area contributed by atoms with Gasteiger partial charge < -0.3 is 9.47 Å². The average Bonchev–Trinajstić information content (AvgIpc) is 2.59. The van der Waals surface area contributed by atoms with Crippen molar-refractivity contribution in [2.24, 2.45) is 0 Å². The number of rotatable bonds is 0. The fourth-order valence-electron chi connectivity index (χ4n) is 1.14. The van der Waals surface area contributed by atoms with E-state index in [0.717, 1.165) is 0 Å². The molecular formula is C8H5ClF2O2. The lowest BCUT2D eigenvalue weighted by atomic mass is 10.2. The van der Waals surface area contributed by atoms with Crippen LogP contribution in [0.25, 0.3) is 0 Å². The third kappa shape index (κ3) is 1.05. The quantitative estimate of drug-likeness (QED) is 0.608. The van der Waals surface area contributed by atoms with E-state index in [1.165, 1.54) is 6.92 Å². The molecule has 0 spiro atoms. The summed E-state index contributed by atoms with van der Waals surface area (Å²) in [5, 5.41) is -0.262. The number of ether oxygens (including phenoxy) is 2. The van der Waals surface area contributed by atoms with Crippen LogP contribution >= 0.6 is 11.6 Å². The highest BCUT2D eigenvalue weighted by molar-refractivity contribution is 6.31. The highest BCUT2D eigenvalue weighted by Gasteiger charge is 2.28. The predicted octanol–water partition coefficient (Wildman–Crippen LogP) is 2.66. The van der Waals surface area contributed by atoms with Crippen LogP contribution in [0.4, 0.5) is 8.78 Å². The molecular weight excluding hydrogens is 202 g/mol. The van der Waals surface area contributed by atoms with Gasteiger partial charge in [-0.3, -0.25) is 0 Å². The third-order valence-electron chi connectivity index (χ3n) is 1.86. The van der Waals surface area contributed by atoms with Crippen molar-refractivity contribution in [3.63, 3.8) is 0 Å². The molecule has 0 unspecified atom stereocenters. The van der Waals surface area contributed by atoms with Crippen molar-refractivity contribution in [2.75, 3.05) is 6.79 Å². The molecule has 0 saturated heterocycles. The molecule has 1 aromatic rings. The monoisotopic (exact) mass is 206 g/mol. The molecule has 1 aliphatic rings. The second-order valence-electron chi connectivity index (χ2n) is 2.63. The van der Waals surface area contributed by atoms with Crippen molar-refractivity contribution in [2.45, 2.75) is 6.92 Å². The molecule has 0 radical (unpaired) electrons. The number of halogens is 3. The first-order valence-electron chi connectivity index (χ1n) is 3.55. The molecule has 0 amide bonds. The fourth-order valence-corrected chi connectivity index (χ4v) is 1.30. The van der Waals surface area contributed by atoms with E-state index < -0.39 is 11.6 Å². The molecule has 1 aliphatic heterocycles. The molecule has 1 aromatic carbocycles. The summed E-state index contributed by atoms with van der Waals surface area (Å²) in [6.07, 6.45) is 0. The van der Waals surface area contributed by atoms with Crippen molar-refractivity contribution in [3.8, 4) is 11.5 Å². The molecule has 2 rings (SSSR count). The largest absolute Gasteiger partial charge is 0.450 e. The van der Waals surface area contributed by atoms with E-state index in [0.29, 0.717) is 0 Å². The van der Waals surface area contributed by atoms with Gasteiger partial charge in [-0.2, -0.15) is 0 Å². The van der Waals surface area contributed by atoms with Crippen LogP contribution in [0, 0.1) is 18.6 Å². The molecule has 1 heterocycles. The Morgan fingerprint density at radius 1 is 1.15 bits per heavy atom. The Hall–Kier alpha value is -1.03. The van der Waals surface area contributed by atoms with Gasteiger partial charge in [-0.25, -0.2) is 8.78 Å². The van der Waals surface area contributed by atoms with Gasteiger partial charge in [0.1, 0.15) is 0 Å². The fraction of sp³-hybridized carbons (Fsp3) is 0.250. The van der Waals surface area contributed by atoms with E-state index in [1.54, 1.807) is 0 Å². The van der Waals surface area contributed by atoms with Crippen LogP contribution < -0.4 is 9.47 Å².